The van der Waals surface area contributed by atoms with Gasteiger partial charge in [-0.1, -0.05) is 54.9 Å². The van der Waals surface area contributed by atoms with Crippen molar-refractivity contribution >= 4 is 11.6 Å². The second-order valence-corrected chi connectivity index (χ2v) is 6.09. The number of rotatable bonds is 5. The van der Waals surface area contributed by atoms with Crippen molar-refractivity contribution in [1.82, 2.24) is 5.32 Å². The highest BCUT2D eigenvalue weighted by Gasteiger charge is 2.15. The van der Waals surface area contributed by atoms with Crippen LogP contribution < -0.4 is 5.32 Å². The molecule has 0 bridgehead atoms. The van der Waals surface area contributed by atoms with Crippen molar-refractivity contribution in [3.05, 3.63) is 69.2 Å². The quantitative estimate of drug-likeness (QED) is 0.804. The fourth-order valence-corrected chi connectivity index (χ4v) is 2.90. The van der Waals surface area contributed by atoms with Crippen molar-refractivity contribution in [2.75, 3.05) is 6.54 Å². The van der Waals surface area contributed by atoms with E-state index in [1.54, 1.807) is 0 Å². The van der Waals surface area contributed by atoms with E-state index in [0.717, 1.165) is 23.6 Å². The molecule has 0 aromatic heterocycles. The van der Waals surface area contributed by atoms with Crippen LogP contribution >= 0.6 is 11.6 Å². The van der Waals surface area contributed by atoms with Gasteiger partial charge in [0.2, 0.25) is 0 Å². The minimum atomic E-state index is 0.254. The third-order valence-corrected chi connectivity index (χ3v) is 4.58. The maximum atomic E-state index is 6.51. The summed E-state index contributed by atoms with van der Waals surface area (Å²) in [4.78, 5) is 0. The van der Waals surface area contributed by atoms with E-state index in [2.05, 4.69) is 69.4 Å². The monoisotopic (exact) mass is 301 g/mol. The number of benzene rings is 2. The molecule has 0 heterocycles. The molecule has 0 aliphatic heterocycles. The first-order valence-electron chi connectivity index (χ1n) is 7.57. The van der Waals surface area contributed by atoms with Crippen LogP contribution in [0.5, 0.6) is 0 Å². The lowest BCUT2D eigenvalue weighted by Crippen LogP contribution is -2.23. The van der Waals surface area contributed by atoms with E-state index in [0.29, 0.717) is 0 Å². The Kier molecular flexibility index (Phi) is 5.44. The van der Waals surface area contributed by atoms with Crippen molar-refractivity contribution in [3.63, 3.8) is 0 Å². The molecule has 0 radical (unpaired) electrons. The van der Waals surface area contributed by atoms with E-state index < -0.39 is 0 Å². The van der Waals surface area contributed by atoms with Crippen molar-refractivity contribution in [3.8, 4) is 0 Å². The van der Waals surface area contributed by atoms with Crippen LogP contribution in [0.2, 0.25) is 5.02 Å². The third kappa shape index (κ3) is 3.87. The zero-order valence-electron chi connectivity index (χ0n) is 13.3. The van der Waals surface area contributed by atoms with Gasteiger partial charge in [-0.15, -0.1) is 0 Å². The van der Waals surface area contributed by atoms with Gasteiger partial charge in [-0.3, -0.25) is 0 Å². The van der Waals surface area contributed by atoms with Crippen LogP contribution in [-0.2, 0) is 6.42 Å². The molecule has 2 heteroatoms. The fraction of sp³-hybridized carbons (Fsp3) is 0.368. The summed E-state index contributed by atoms with van der Waals surface area (Å²) < 4.78 is 0. The molecule has 0 amide bonds. The molecule has 21 heavy (non-hydrogen) atoms. The summed E-state index contributed by atoms with van der Waals surface area (Å²) in [5.74, 6) is 0. The molecular formula is C19H24ClN. The second-order valence-electron chi connectivity index (χ2n) is 5.71. The highest BCUT2D eigenvalue weighted by atomic mass is 35.5. The molecule has 0 aliphatic carbocycles. The molecule has 0 spiro atoms. The standard InChI is InChI=1S/C19H24ClN/c1-5-21-18(17-8-6-7-14(3)19(17)20)12-16-10-9-13(2)15(4)11-16/h6-11,18,21H,5,12H2,1-4H3. The van der Waals surface area contributed by atoms with Gasteiger partial charge < -0.3 is 5.32 Å². The van der Waals surface area contributed by atoms with E-state index >= 15 is 0 Å². The van der Waals surface area contributed by atoms with Crippen LogP contribution in [0, 0.1) is 20.8 Å². The maximum Gasteiger partial charge on any atom is 0.0483 e. The average Bonchev–Trinajstić information content (AvgIpc) is 2.45. The van der Waals surface area contributed by atoms with E-state index in [1.165, 1.54) is 22.3 Å². The van der Waals surface area contributed by atoms with Crippen LogP contribution in [0.15, 0.2) is 36.4 Å². The Morgan fingerprint density at radius 3 is 2.43 bits per heavy atom. The number of halogens is 1. The van der Waals surface area contributed by atoms with Gasteiger partial charge in [-0.2, -0.15) is 0 Å². The van der Waals surface area contributed by atoms with Gasteiger partial charge in [0, 0.05) is 11.1 Å². The molecule has 1 atom stereocenters. The van der Waals surface area contributed by atoms with E-state index in [4.69, 9.17) is 11.6 Å². The molecule has 0 fully saturated rings. The van der Waals surface area contributed by atoms with Crippen molar-refractivity contribution in [1.29, 1.82) is 0 Å². The first-order valence-corrected chi connectivity index (χ1v) is 7.95. The second kappa shape index (κ2) is 7.11. The number of nitrogens with one attached hydrogen (secondary N) is 1. The van der Waals surface area contributed by atoms with Gasteiger partial charge in [0.05, 0.1) is 0 Å². The van der Waals surface area contributed by atoms with Gasteiger partial charge in [-0.05, 0) is 61.6 Å². The summed E-state index contributed by atoms with van der Waals surface area (Å²) in [7, 11) is 0. The van der Waals surface area contributed by atoms with Crippen molar-refractivity contribution in [2.24, 2.45) is 0 Å². The summed E-state index contributed by atoms with van der Waals surface area (Å²) in [6.07, 6.45) is 0.956. The molecule has 1 nitrogen and oxygen atoms in total. The normalized spacial score (nSPS) is 12.4. The molecule has 2 aromatic carbocycles. The topological polar surface area (TPSA) is 12.0 Å². The summed E-state index contributed by atoms with van der Waals surface area (Å²) in [5, 5.41) is 4.45. The summed E-state index contributed by atoms with van der Waals surface area (Å²) >= 11 is 6.51. The Hall–Kier alpha value is -1.31. The van der Waals surface area contributed by atoms with E-state index in [1.807, 2.05) is 0 Å². The number of likely N-dealkylation sites (N-methyl/N-ethyl adjacent to an activating group) is 1. The van der Waals surface area contributed by atoms with E-state index in [9.17, 15) is 0 Å². The maximum absolute atomic E-state index is 6.51. The molecule has 0 saturated heterocycles. The molecule has 0 saturated carbocycles. The Labute approximate surface area is 133 Å². The van der Waals surface area contributed by atoms with Gasteiger partial charge in [0.15, 0.2) is 0 Å². The lowest BCUT2D eigenvalue weighted by atomic mass is 9.95. The minimum Gasteiger partial charge on any atom is -0.310 e. The minimum absolute atomic E-state index is 0.254. The lowest BCUT2D eigenvalue weighted by molar-refractivity contribution is 0.549. The predicted molar refractivity (Wildman–Crippen MR) is 92.2 cm³/mol. The molecular weight excluding hydrogens is 278 g/mol. The Balaban J connectivity index is 2.30. The SMILES string of the molecule is CCNC(Cc1ccc(C)c(C)c1)c1cccc(C)c1Cl. The molecule has 2 aromatic rings. The van der Waals surface area contributed by atoms with Gasteiger partial charge in [0.1, 0.15) is 0 Å². The summed E-state index contributed by atoms with van der Waals surface area (Å²) in [6.45, 7) is 9.45. The third-order valence-electron chi connectivity index (χ3n) is 4.06. The van der Waals surface area contributed by atoms with Crippen molar-refractivity contribution < 1.29 is 0 Å². The van der Waals surface area contributed by atoms with Crippen LogP contribution in [0.1, 0.15) is 40.8 Å². The first kappa shape index (κ1) is 16.1. The molecule has 112 valence electrons. The smallest absolute Gasteiger partial charge is 0.0483 e. The predicted octanol–water partition coefficient (Wildman–Crippen LogP) is 5.16. The lowest BCUT2D eigenvalue weighted by Gasteiger charge is -2.21. The summed E-state index contributed by atoms with van der Waals surface area (Å²) in [5.41, 5.74) is 6.36. The number of hydrogen-bond acceptors (Lipinski definition) is 1. The van der Waals surface area contributed by atoms with Crippen molar-refractivity contribution in [2.45, 2.75) is 40.2 Å². The Morgan fingerprint density at radius 2 is 1.76 bits per heavy atom. The largest absolute Gasteiger partial charge is 0.310 e. The number of hydrogen-bond donors (Lipinski definition) is 1. The molecule has 1 N–H and O–H groups in total. The van der Waals surface area contributed by atoms with Gasteiger partial charge >= 0.3 is 0 Å². The zero-order chi connectivity index (χ0) is 15.4. The van der Waals surface area contributed by atoms with Gasteiger partial charge in [0.25, 0.3) is 0 Å². The van der Waals surface area contributed by atoms with Crippen LogP contribution in [-0.4, -0.2) is 6.54 Å². The van der Waals surface area contributed by atoms with Crippen LogP contribution in [0.4, 0.5) is 0 Å². The van der Waals surface area contributed by atoms with Crippen LogP contribution in [0.25, 0.3) is 0 Å². The highest BCUT2D eigenvalue weighted by molar-refractivity contribution is 6.32. The molecule has 0 aliphatic rings. The number of aryl methyl sites for hydroxylation is 3. The van der Waals surface area contributed by atoms with Gasteiger partial charge in [-0.25, -0.2) is 0 Å². The first-order chi connectivity index (χ1) is 10.0. The average molecular weight is 302 g/mol. The van der Waals surface area contributed by atoms with E-state index in [-0.39, 0.29) is 6.04 Å². The fourth-order valence-electron chi connectivity index (χ4n) is 2.64. The molecule has 2 rings (SSSR count). The summed E-state index contributed by atoms with van der Waals surface area (Å²) in [6, 6.07) is 13.2. The Morgan fingerprint density at radius 1 is 1.00 bits per heavy atom. The Bertz CT molecular complexity index is 619. The zero-order valence-corrected chi connectivity index (χ0v) is 14.1. The molecule has 1 unspecified atom stereocenters. The highest BCUT2D eigenvalue weighted by Crippen LogP contribution is 2.28. The van der Waals surface area contributed by atoms with Crippen LogP contribution in [0.3, 0.4) is 0 Å².